The van der Waals surface area contributed by atoms with Crippen molar-refractivity contribution in [3.8, 4) is 17.2 Å². The van der Waals surface area contributed by atoms with Crippen LogP contribution in [0.1, 0.15) is 19.4 Å². The minimum atomic E-state index is 0.576. The molecule has 9 heteroatoms. The molecule has 4 rings (SSSR count). The number of hydrazone groups is 1. The molecule has 9 nitrogen and oxygen atoms in total. The van der Waals surface area contributed by atoms with Crippen LogP contribution in [0.2, 0.25) is 0 Å². The summed E-state index contributed by atoms with van der Waals surface area (Å²) in [5.41, 5.74) is 5.47. The molecule has 0 bridgehead atoms. The molecule has 0 atom stereocenters. The van der Waals surface area contributed by atoms with E-state index in [9.17, 15) is 0 Å². The highest BCUT2D eigenvalue weighted by atomic mass is 16.5. The molecule has 0 saturated heterocycles. The van der Waals surface area contributed by atoms with Gasteiger partial charge in [0.25, 0.3) is 0 Å². The second-order valence-corrected chi connectivity index (χ2v) is 7.53. The van der Waals surface area contributed by atoms with Gasteiger partial charge in [0.05, 0.1) is 30.6 Å². The summed E-state index contributed by atoms with van der Waals surface area (Å²) in [6.07, 6.45) is 4.94. The van der Waals surface area contributed by atoms with Gasteiger partial charge in [-0.2, -0.15) is 10.2 Å². The number of aromatic nitrogens is 4. The Morgan fingerprint density at radius 1 is 1.06 bits per heavy atom. The fourth-order valence-corrected chi connectivity index (χ4v) is 3.51. The van der Waals surface area contributed by atoms with E-state index in [4.69, 9.17) is 9.47 Å². The highest BCUT2D eigenvalue weighted by Crippen LogP contribution is 2.23. The SMILES string of the molecule is CCN(CC)CCOc1ccc(/C=N/Nc2ncnc3c2cnn3-c2cccc(OC)c2)cc1. The summed E-state index contributed by atoms with van der Waals surface area (Å²) < 4.78 is 12.9. The lowest BCUT2D eigenvalue weighted by molar-refractivity contribution is 0.223. The van der Waals surface area contributed by atoms with E-state index < -0.39 is 0 Å². The van der Waals surface area contributed by atoms with Crippen LogP contribution >= 0.6 is 0 Å². The second-order valence-electron chi connectivity index (χ2n) is 7.53. The largest absolute Gasteiger partial charge is 0.497 e. The Balaban J connectivity index is 1.40. The zero-order chi connectivity index (χ0) is 23.8. The van der Waals surface area contributed by atoms with Crippen LogP contribution in [0.3, 0.4) is 0 Å². The van der Waals surface area contributed by atoms with Crippen LogP contribution in [-0.4, -0.2) is 64.2 Å². The number of fused-ring (bicyclic) bond motifs is 1. The fourth-order valence-electron chi connectivity index (χ4n) is 3.51. The van der Waals surface area contributed by atoms with Crippen LogP contribution < -0.4 is 14.9 Å². The quantitative estimate of drug-likeness (QED) is 0.268. The fraction of sp³-hybridized carbons (Fsp3) is 0.280. The maximum absolute atomic E-state index is 5.83. The Morgan fingerprint density at radius 2 is 1.88 bits per heavy atom. The third-order valence-electron chi connectivity index (χ3n) is 5.50. The van der Waals surface area contributed by atoms with E-state index >= 15 is 0 Å². The summed E-state index contributed by atoms with van der Waals surface area (Å²) in [6.45, 7) is 7.97. The first-order chi connectivity index (χ1) is 16.7. The maximum atomic E-state index is 5.83. The molecule has 1 N–H and O–H groups in total. The number of ether oxygens (including phenoxy) is 2. The van der Waals surface area contributed by atoms with E-state index in [1.54, 1.807) is 24.2 Å². The summed E-state index contributed by atoms with van der Waals surface area (Å²) in [5, 5.41) is 9.58. The standard InChI is InChI=1S/C25H29N7O2/c1-4-31(5-2)13-14-34-21-11-9-19(10-12-21)16-28-30-24-23-17-29-32(25(23)27-18-26-24)20-7-6-8-22(15-20)33-3/h6-12,15-18H,4-5,13-14H2,1-3H3,(H,26,27,30)/b28-16+. The molecule has 0 unspecified atom stereocenters. The summed E-state index contributed by atoms with van der Waals surface area (Å²) in [4.78, 5) is 11.0. The number of nitrogens with zero attached hydrogens (tertiary/aromatic N) is 6. The zero-order valence-corrected chi connectivity index (χ0v) is 19.7. The first kappa shape index (κ1) is 23.2. The molecule has 0 spiro atoms. The van der Waals surface area contributed by atoms with Crippen LogP contribution in [0.4, 0.5) is 5.82 Å². The smallest absolute Gasteiger partial charge is 0.168 e. The van der Waals surface area contributed by atoms with Crippen molar-refractivity contribution in [3.63, 3.8) is 0 Å². The van der Waals surface area contributed by atoms with Crippen molar-refractivity contribution in [2.45, 2.75) is 13.8 Å². The number of hydrogen-bond donors (Lipinski definition) is 1. The van der Waals surface area contributed by atoms with E-state index in [1.807, 2.05) is 48.5 Å². The summed E-state index contributed by atoms with van der Waals surface area (Å²) in [6, 6.07) is 15.5. The zero-order valence-electron chi connectivity index (χ0n) is 19.7. The molecule has 0 aliphatic heterocycles. The van der Waals surface area contributed by atoms with Crippen LogP contribution in [0.25, 0.3) is 16.7 Å². The molecule has 34 heavy (non-hydrogen) atoms. The Morgan fingerprint density at radius 3 is 2.65 bits per heavy atom. The first-order valence-corrected chi connectivity index (χ1v) is 11.3. The van der Waals surface area contributed by atoms with Gasteiger partial charge in [-0.05, 0) is 55.1 Å². The average molecular weight is 460 g/mol. The average Bonchev–Trinajstić information content (AvgIpc) is 3.33. The predicted molar refractivity (Wildman–Crippen MR) is 134 cm³/mol. The maximum Gasteiger partial charge on any atom is 0.168 e. The second kappa shape index (κ2) is 11.2. The number of benzene rings is 2. The van der Waals surface area contributed by atoms with E-state index in [1.165, 1.54) is 6.33 Å². The van der Waals surface area contributed by atoms with Gasteiger partial charge >= 0.3 is 0 Å². The lowest BCUT2D eigenvalue weighted by atomic mass is 10.2. The predicted octanol–water partition coefficient (Wildman–Crippen LogP) is 3.99. The molecule has 2 heterocycles. The number of anilines is 1. The third kappa shape index (κ3) is 5.49. The molecule has 176 valence electrons. The van der Waals surface area contributed by atoms with Crippen molar-refractivity contribution < 1.29 is 9.47 Å². The van der Waals surface area contributed by atoms with Gasteiger partial charge in [-0.3, -0.25) is 5.43 Å². The number of likely N-dealkylation sites (N-methyl/N-ethyl adjacent to an activating group) is 1. The Hall–Kier alpha value is -3.98. The van der Waals surface area contributed by atoms with Gasteiger partial charge in [0.1, 0.15) is 24.4 Å². The molecular weight excluding hydrogens is 430 g/mol. The lowest BCUT2D eigenvalue weighted by Gasteiger charge is -2.17. The number of hydrogen-bond acceptors (Lipinski definition) is 8. The highest BCUT2D eigenvalue weighted by Gasteiger charge is 2.11. The summed E-state index contributed by atoms with van der Waals surface area (Å²) >= 11 is 0. The molecule has 0 amide bonds. The topological polar surface area (TPSA) is 89.7 Å². The van der Waals surface area contributed by atoms with Crippen LogP contribution in [0, 0.1) is 0 Å². The third-order valence-corrected chi connectivity index (χ3v) is 5.50. The molecule has 0 radical (unpaired) electrons. The van der Waals surface area contributed by atoms with Crippen molar-refractivity contribution in [2.75, 3.05) is 38.8 Å². The number of nitrogens with one attached hydrogen (secondary N) is 1. The molecular formula is C25H29N7O2. The monoisotopic (exact) mass is 459 g/mol. The van der Waals surface area contributed by atoms with E-state index in [0.717, 1.165) is 47.8 Å². The van der Waals surface area contributed by atoms with Gasteiger partial charge < -0.3 is 14.4 Å². The van der Waals surface area contributed by atoms with Gasteiger partial charge in [-0.15, -0.1) is 0 Å². The first-order valence-electron chi connectivity index (χ1n) is 11.3. The van der Waals surface area contributed by atoms with Gasteiger partial charge in [-0.25, -0.2) is 14.6 Å². The van der Waals surface area contributed by atoms with Crippen molar-refractivity contribution in [3.05, 3.63) is 66.6 Å². The minimum Gasteiger partial charge on any atom is -0.497 e. The molecule has 2 aromatic carbocycles. The Labute approximate surface area is 199 Å². The van der Waals surface area contributed by atoms with Gasteiger partial charge in [-0.1, -0.05) is 19.9 Å². The van der Waals surface area contributed by atoms with E-state index in [-0.39, 0.29) is 0 Å². The van der Waals surface area contributed by atoms with Crippen molar-refractivity contribution >= 4 is 23.1 Å². The van der Waals surface area contributed by atoms with E-state index in [2.05, 4.69) is 44.3 Å². The number of methoxy groups -OCH3 is 1. The van der Waals surface area contributed by atoms with Gasteiger partial charge in [0, 0.05) is 12.6 Å². The molecule has 0 aliphatic rings. The van der Waals surface area contributed by atoms with Crippen LogP contribution in [0.5, 0.6) is 11.5 Å². The van der Waals surface area contributed by atoms with Crippen LogP contribution in [0.15, 0.2) is 66.2 Å². The Bertz CT molecular complexity index is 1230. The Kier molecular flexibility index (Phi) is 7.67. The van der Waals surface area contributed by atoms with E-state index in [0.29, 0.717) is 18.1 Å². The highest BCUT2D eigenvalue weighted by molar-refractivity contribution is 5.88. The van der Waals surface area contributed by atoms with Crippen molar-refractivity contribution in [2.24, 2.45) is 5.10 Å². The van der Waals surface area contributed by atoms with Crippen molar-refractivity contribution in [1.82, 2.24) is 24.6 Å². The molecule has 0 saturated carbocycles. The van der Waals surface area contributed by atoms with Crippen molar-refractivity contribution in [1.29, 1.82) is 0 Å². The summed E-state index contributed by atoms with van der Waals surface area (Å²) in [5.74, 6) is 2.17. The number of rotatable bonds is 11. The molecule has 0 fully saturated rings. The van der Waals surface area contributed by atoms with Gasteiger partial charge in [0.2, 0.25) is 0 Å². The lowest BCUT2D eigenvalue weighted by Crippen LogP contribution is -2.27. The van der Waals surface area contributed by atoms with Crippen LogP contribution in [-0.2, 0) is 0 Å². The minimum absolute atomic E-state index is 0.576. The summed E-state index contributed by atoms with van der Waals surface area (Å²) in [7, 11) is 1.64. The normalized spacial score (nSPS) is 11.4. The van der Waals surface area contributed by atoms with Gasteiger partial charge in [0.15, 0.2) is 11.5 Å². The molecule has 2 aromatic heterocycles. The molecule has 0 aliphatic carbocycles. The molecule has 4 aromatic rings.